The largest absolute Gasteiger partial charge is 0.491 e. The molecule has 0 radical (unpaired) electrons. The van der Waals surface area contributed by atoms with E-state index in [2.05, 4.69) is 124 Å². The minimum atomic E-state index is -0.464. The Morgan fingerprint density at radius 1 is 0.525 bits per heavy atom. The van der Waals surface area contributed by atoms with Crippen LogP contribution in [0.5, 0.6) is 5.75 Å². The third kappa shape index (κ3) is 16.0. The smallest absolute Gasteiger partial charge is 0.338 e. The van der Waals surface area contributed by atoms with E-state index in [4.69, 9.17) is 14.2 Å². The number of carbonyl (C=O) groups excluding carboxylic acids is 2. The minimum Gasteiger partial charge on any atom is -0.491 e. The molecule has 10 aromatic carbocycles. The van der Waals surface area contributed by atoms with E-state index in [1.807, 2.05) is 101 Å². The van der Waals surface area contributed by atoms with Gasteiger partial charge in [-0.05, 0) is 160 Å². The molecule has 2 heterocycles. The lowest BCUT2D eigenvalue weighted by molar-refractivity contribution is -0.384. The number of carbonyl (C=O) groups is 2. The molecule has 0 amide bonds. The predicted octanol–water partition coefficient (Wildman–Crippen LogP) is 21.7. The van der Waals surface area contributed by atoms with Crippen LogP contribution >= 0.6 is 0 Å². The van der Waals surface area contributed by atoms with E-state index in [0.717, 1.165) is 71.7 Å². The van der Waals surface area contributed by atoms with Crippen LogP contribution in [0, 0.1) is 10.1 Å². The van der Waals surface area contributed by atoms with Gasteiger partial charge in [-0.25, -0.2) is 9.59 Å². The molecule has 101 heavy (non-hydrogen) atoms. The highest BCUT2D eigenvalue weighted by Crippen LogP contribution is 2.55. The molecule has 0 unspecified atom stereocenters. The number of para-hydroxylation sites is 1. The van der Waals surface area contributed by atoms with Gasteiger partial charge in [-0.15, -0.1) is 10.2 Å². The molecular formula is C86H88N8O7. The van der Waals surface area contributed by atoms with E-state index in [9.17, 15) is 19.7 Å². The Labute approximate surface area is 591 Å². The zero-order valence-electron chi connectivity index (χ0n) is 58.0. The van der Waals surface area contributed by atoms with Gasteiger partial charge in [-0.1, -0.05) is 217 Å². The van der Waals surface area contributed by atoms with Gasteiger partial charge in [0.1, 0.15) is 18.9 Å². The zero-order chi connectivity index (χ0) is 69.3. The van der Waals surface area contributed by atoms with Crippen molar-refractivity contribution >= 4 is 78.0 Å². The quantitative estimate of drug-likeness (QED) is 0.0123. The van der Waals surface area contributed by atoms with Gasteiger partial charge in [0.25, 0.3) is 5.69 Å². The van der Waals surface area contributed by atoms with Gasteiger partial charge >= 0.3 is 11.9 Å². The molecule has 0 saturated carbocycles. The summed E-state index contributed by atoms with van der Waals surface area (Å²) in [5.41, 5.74) is 14.4. The van der Waals surface area contributed by atoms with E-state index < -0.39 is 16.9 Å². The molecule has 514 valence electrons. The SMILES string of the molecule is CCCCCCC1(CCCCCC)c2ccccc2-c2ccc(-c3ccc4c(c3)c3ccccc3n4CCCCCCn3cc(CCCOc4cc([N+](=O)[O-])ccc4N=Nc4ccc(N(CCOC(=O)c5cccc6ccccc56)CCOC(=O)c5cccc6ccccc56)cc4)nn3)cc21. The zero-order valence-corrected chi connectivity index (χ0v) is 58.0. The van der Waals surface area contributed by atoms with Crippen molar-refractivity contribution in [1.82, 2.24) is 19.6 Å². The number of hydrogen-bond donors (Lipinski definition) is 0. The van der Waals surface area contributed by atoms with Crippen LogP contribution in [0.4, 0.5) is 22.7 Å². The minimum absolute atomic E-state index is 0.0476. The van der Waals surface area contributed by atoms with E-state index in [0.29, 0.717) is 48.4 Å². The number of aryl methyl sites for hydroxylation is 3. The van der Waals surface area contributed by atoms with E-state index in [-0.39, 0.29) is 36.7 Å². The first-order chi connectivity index (χ1) is 49.7. The Bertz CT molecular complexity index is 4780. The van der Waals surface area contributed by atoms with Crippen LogP contribution < -0.4 is 9.64 Å². The normalized spacial score (nSPS) is 12.4. The molecule has 0 atom stereocenters. The molecule has 15 nitrogen and oxygen atoms in total. The summed E-state index contributed by atoms with van der Waals surface area (Å²) in [6.07, 6.45) is 20.0. The number of non-ortho nitro benzene ring substituents is 1. The fraction of sp³-hybridized carbons (Fsp3) is 0.302. The standard InChI is InChI=1S/C86H88N8O7/c1-3-5-7-19-49-86(50-20-8-6-4-2)78-37-17-15-33-72(78)73-46-39-65(59-79(73)86)64-40-48-82-77(58-64)74-34-16-18-38-81(74)93(82)52-22-10-9-21-51-92-61-67(88-90-92)30-25-55-99-83-60-69(94(97)98)45-47-80(83)89-87-66-41-43-68(44-42-66)91(53-56-100-84(95)75-35-23-28-62-26-11-13-31-70(62)75)54-57-101-85(96)76-36-24-29-63-27-12-14-32-71(63)76/h11-18,23-24,26-29,31-48,58-61H,3-10,19-22,25,30,49-57H2,1-2H3. The van der Waals surface area contributed by atoms with Crippen LogP contribution in [0.15, 0.2) is 229 Å². The molecule has 0 N–H and O–H groups in total. The average molecular weight is 1350 g/mol. The van der Waals surface area contributed by atoms with Crippen molar-refractivity contribution in [2.45, 2.75) is 135 Å². The Balaban J connectivity index is 0.597. The Hall–Kier alpha value is -10.8. The molecule has 12 aromatic rings. The number of fused-ring (bicyclic) bond motifs is 8. The van der Waals surface area contributed by atoms with Crippen LogP contribution in [0.1, 0.15) is 148 Å². The van der Waals surface area contributed by atoms with E-state index >= 15 is 0 Å². The molecule has 0 bridgehead atoms. The number of aromatic nitrogens is 4. The summed E-state index contributed by atoms with van der Waals surface area (Å²) >= 11 is 0. The van der Waals surface area contributed by atoms with Crippen molar-refractivity contribution in [2.75, 3.05) is 37.8 Å². The summed E-state index contributed by atoms with van der Waals surface area (Å²) in [7, 11) is 0. The third-order valence-corrected chi connectivity index (χ3v) is 20.1. The van der Waals surface area contributed by atoms with Gasteiger partial charge in [0, 0.05) is 58.3 Å². The summed E-state index contributed by atoms with van der Waals surface area (Å²) < 4.78 is 22.3. The number of nitro groups is 1. The van der Waals surface area contributed by atoms with Gasteiger partial charge in [0.2, 0.25) is 0 Å². The summed E-state index contributed by atoms with van der Waals surface area (Å²) in [5.74, 6) is -0.639. The van der Waals surface area contributed by atoms with Gasteiger partial charge in [0.15, 0.2) is 5.75 Å². The van der Waals surface area contributed by atoms with Crippen molar-refractivity contribution in [3.8, 4) is 28.0 Å². The van der Waals surface area contributed by atoms with Crippen LogP contribution in [0.25, 0.3) is 65.6 Å². The first-order valence-electron chi connectivity index (χ1n) is 36.3. The van der Waals surface area contributed by atoms with Crippen molar-refractivity contribution in [1.29, 1.82) is 0 Å². The van der Waals surface area contributed by atoms with Gasteiger partial charge in [0.05, 0.1) is 53.2 Å². The second-order valence-corrected chi connectivity index (χ2v) is 26.7. The first kappa shape index (κ1) is 68.7. The fourth-order valence-electron chi connectivity index (χ4n) is 14.9. The van der Waals surface area contributed by atoms with Crippen LogP contribution in [-0.2, 0) is 34.4 Å². The van der Waals surface area contributed by atoms with Gasteiger partial charge < -0.3 is 23.7 Å². The second kappa shape index (κ2) is 32.9. The Kier molecular flexibility index (Phi) is 22.4. The lowest BCUT2D eigenvalue weighted by Gasteiger charge is -2.33. The fourth-order valence-corrected chi connectivity index (χ4v) is 14.9. The van der Waals surface area contributed by atoms with Crippen molar-refractivity contribution in [3.63, 3.8) is 0 Å². The highest BCUT2D eigenvalue weighted by Gasteiger charge is 2.42. The van der Waals surface area contributed by atoms with Crippen LogP contribution in [0.3, 0.4) is 0 Å². The van der Waals surface area contributed by atoms with E-state index in [1.54, 1.807) is 29.8 Å². The molecular weight excluding hydrogens is 1260 g/mol. The maximum Gasteiger partial charge on any atom is 0.338 e. The van der Waals surface area contributed by atoms with Crippen LogP contribution in [0.2, 0.25) is 0 Å². The van der Waals surface area contributed by atoms with Gasteiger partial charge in [-0.3, -0.25) is 14.8 Å². The summed E-state index contributed by atoms with van der Waals surface area (Å²) in [6.45, 7) is 7.32. The molecule has 15 heteroatoms. The van der Waals surface area contributed by atoms with Crippen molar-refractivity contribution in [2.24, 2.45) is 10.2 Å². The highest BCUT2D eigenvalue weighted by molar-refractivity contribution is 6.10. The number of azo groups is 1. The van der Waals surface area contributed by atoms with Crippen LogP contribution in [-0.4, -0.2) is 69.3 Å². The van der Waals surface area contributed by atoms with Crippen molar-refractivity contribution < 1.29 is 28.7 Å². The Morgan fingerprint density at radius 2 is 1.12 bits per heavy atom. The Morgan fingerprint density at radius 3 is 1.81 bits per heavy atom. The first-order valence-corrected chi connectivity index (χ1v) is 36.3. The molecule has 0 saturated heterocycles. The number of ether oxygens (including phenoxy) is 3. The molecule has 2 aromatic heterocycles. The number of benzene rings is 10. The summed E-state index contributed by atoms with van der Waals surface area (Å²) in [4.78, 5) is 40.3. The lowest BCUT2D eigenvalue weighted by atomic mass is 9.70. The number of esters is 2. The maximum atomic E-state index is 13.4. The van der Waals surface area contributed by atoms with Gasteiger partial charge in [-0.2, -0.15) is 5.11 Å². The number of unbranched alkanes of at least 4 members (excludes halogenated alkanes) is 9. The highest BCUT2D eigenvalue weighted by atomic mass is 16.6. The third-order valence-electron chi connectivity index (χ3n) is 20.1. The lowest BCUT2D eigenvalue weighted by Crippen LogP contribution is -2.32. The summed E-state index contributed by atoms with van der Waals surface area (Å²) in [5, 5.41) is 35.9. The number of rotatable bonds is 35. The molecule has 0 fully saturated rings. The number of anilines is 1. The molecule has 13 rings (SSSR count). The number of nitro benzene ring substituents is 1. The topological polar surface area (TPSA) is 169 Å². The maximum absolute atomic E-state index is 13.4. The van der Waals surface area contributed by atoms with Crippen molar-refractivity contribution in [3.05, 3.63) is 257 Å². The molecule has 0 spiro atoms. The predicted molar refractivity (Wildman–Crippen MR) is 405 cm³/mol. The number of hydrogen-bond acceptors (Lipinski definition) is 12. The summed E-state index contributed by atoms with van der Waals surface area (Å²) in [6, 6.07) is 70.7. The molecule has 1 aliphatic rings. The number of nitrogens with zero attached hydrogens (tertiary/aromatic N) is 8. The second-order valence-electron chi connectivity index (χ2n) is 26.7. The average Bonchev–Trinajstić information content (AvgIpc) is 1.57. The molecule has 0 aliphatic heterocycles. The monoisotopic (exact) mass is 1340 g/mol. The molecule has 1 aliphatic carbocycles. The van der Waals surface area contributed by atoms with E-state index in [1.165, 1.54) is 132 Å².